The average Bonchev–Trinajstić information content (AvgIpc) is 3.50. The largest absolute Gasteiger partial charge is 0.481 e. The Kier molecular flexibility index (Phi) is 7.13. The molecule has 184 valence electrons. The summed E-state index contributed by atoms with van der Waals surface area (Å²) in [6.45, 7) is 5.86. The minimum atomic E-state index is -0.751. The molecule has 0 amide bonds. The maximum absolute atomic E-state index is 11.7. The average molecular weight is 474 g/mol. The van der Waals surface area contributed by atoms with Gasteiger partial charge in [-0.1, -0.05) is 18.2 Å². The first-order chi connectivity index (χ1) is 17.0. The van der Waals surface area contributed by atoms with Gasteiger partial charge in [0.1, 0.15) is 5.82 Å². The van der Waals surface area contributed by atoms with Crippen molar-refractivity contribution in [2.45, 2.75) is 51.4 Å². The number of aliphatic carboxylic acids is 1. The van der Waals surface area contributed by atoms with E-state index in [1.165, 1.54) is 17.7 Å². The summed E-state index contributed by atoms with van der Waals surface area (Å²) >= 11 is 0. The molecular formula is C28H35N5O2. The Bertz CT molecular complexity index is 1170. The molecule has 35 heavy (non-hydrogen) atoms. The molecule has 5 rings (SSSR count). The number of hydrogen-bond donors (Lipinski definition) is 2. The number of nitrogens with zero attached hydrogens (tertiary/aromatic N) is 4. The molecule has 1 saturated heterocycles. The highest BCUT2D eigenvalue weighted by molar-refractivity contribution is 5.68. The second-order valence-corrected chi connectivity index (χ2v) is 10.1. The van der Waals surface area contributed by atoms with Crippen LogP contribution in [0.5, 0.6) is 0 Å². The standard InChI is InChI=1S/C28H35N5O2/c1-20-11-14-30-33(20)26-6-2-4-23(16-26)24(17-27(34)35)19-32-15-12-21(18-32)7-9-25-10-8-22-5-3-13-29-28(22)31-25/h2,4,6,8,10-11,14,16,21,24H,3,5,7,9,12-13,15,17-19H2,1H3,(H,29,31)(H,34,35)/t21-,24?/m1/s1. The molecule has 3 aromatic rings. The number of aryl methyl sites for hydroxylation is 3. The van der Waals surface area contributed by atoms with Crippen molar-refractivity contribution in [1.82, 2.24) is 19.7 Å². The molecule has 1 fully saturated rings. The number of carboxylic acids is 1. The molecule has 0 radical (unpaired) electrons. The molecule has 1 aromatic carbocycles. The van der Waals surface area contributed by atoms with E-state index in [1.807, 2.05) is 29.8 Å². The van der Waals surface area contributed by atoms with Gasteiger partial charge in [-0.15, -0.1) is 0 Å². The molecule has 2 atom stereocenters. The summed E-state index contributed by atoms with van der Waals surface area (Å²) in [5.41, 5.74) is 5.61. The van der Waals surface area contributed by atoms with Gasteiger partial charge in [-0.05, 0) is 86.9 Å². The van der Waals surface area contributed by atoms with Crippen molar-refractivity contribution in [3.8, 4) is 5.69 Å². The van der Waals surface area contributed by atoms with E-state index < -0.39 is 5.97 Å². The van der Waals surface area contributed by atoms with Gasteiger partial charge in [-0.25, -0.2) is 9.67 Å². The lowest BCUT2D eigenvalue weighted by Gasteiger charge is -2.24. The first-order valence-electron chi connectivity index (χ1n) is 12.8. The zero-order chi connectivity index (χ0) is 24.2. The lowest BCUT2D eigenvalue weighted by molar-refractivity contribution is -0.137. The number of pyridine rings is 1. The van der Waals surface area contributed by atoms with Crippen LogP contribution in [0.4, 0.5) is 5.82 Å². The van der Waals surface area contributed by atoms with E-state index in [4.69, 9.17) is 4.98 Å². The van der Waals surface area contributed by atoms with E-state index in [2.05, 4.69) is 39.6 Å². The summed E-state index contributed by atoms with van der Waals surface area (Å²) < 4.78 is 1.90. The molecule has 0 spiro atoms. The van der Waals surface area contributed by atoms with Crippen LogP contribution < -0.4 is 5.32 Å². The van der Waals surface area contributed by atoms with Gasteiger partial charge >= 0.3 is 5.97 Å². The summed E-state index contributed by atoms with van der Waals surface area (Å²) in [5, 5.41) is 17.5. The van der Waals surface area contributed by atoms with Crippen LogP contribution in [0.25, 0.3) is 5.69 Å². The summed E-state index contributed by atoms with van der Waals surface area (Å²) in [6, 6.07) is 14.6. The van der Waals surface area contributed by atoms with Gasteiger partial charge in [0.2, 0.25) is 0 Å². The Labute approximate surface area is 207 Å². The number of benzene rings is 1. The summed E-state index contributed by atoms with van der Waals surface area (Å²) in [5.74, 6) is 0.907. The number of aromatic nitrogens is 3. The maximum atomic E-state index is 11.7. The quantitative estimate of drug-likeness (QED) is 0.478. The number of anilines is 1. The van der Waals surface area contributed by atoms with Gasteiger partial charge in [0.15, 0.2) is 0 Å². The van der Waals surface area contributed by atoms with Gasteiger partial charge in [0.25, 0.3) is 0 Å². The summed E-state index contributed by atoms with van der Waals surface area (Å²) in [7, 11) is 0. The number of carbonyl (C=O) groups is 1. The van der Waals surface area contributed by atoms with Crippen LogP contribution in [0.15, 0.2) is 48.7 Å². The fourth-order valence-electron chi connectivity index (χ4n) is 5.53. The third-order valence-electron chi connectivity index (χ3n) is 7.45. The summed E-state index contributed by atoms with van der Waals surface area (Å²) in [4.78, 5) is 19.0. The highest BCUT2D eigenvalue weighted by atomic mass is 16.4. The Hall–Kier alpha value is -3.19. The van der Waals surface area contributed by atoms with Crippen molar-refractivity contribution < 1.29 is 9.90 Å². The highest BCUT2D eigenvalue weighted by Crippen LogP contribution is 2.29. The molecule has 4 heterocycles. The number of hydrogen-bond acceptors (Lipinski definition) is 5. The molecule has 0 saturated carbocycles. The van der Waals surface area contributed by atoms with Crippen molar-refractivity contribution >= 4 is 11.8 Å². The van der Waals surface area contributed by atoms with Crippen molar-refractivity contribution in [3.05, 3.63) is 71.2 Å². The van der Waals surface area contributed by atoms with Crippen LogP contribution in [-0.2, 0) is 17.6 Å². The fourth-order valence-corrected chi connectivity index (χ4v) is 5.53. The Morgan fingerprint density at radius 2 is 2.17 bits per heavy atom. The van der Waals surface area contributed by atoms with Crippen LogP contribution in [-0.4, -0.2) is 56.9 Å². The first-order valence-corrected chi connectivity index (χ1v) is 12.8. The van der Waals surface area contributed by atoms with Gasteiger partial charge in [0.05, 0.1) is 12.1 Å². The van der Waals surface area contributed by atoms with Crippen LogP contribution in [0.2, 0.25) is 0 Å². The van der Waals surface area contributed by atoms with E-state index in [1.54, 1.807) is 6.20 Å². The van der Waals surface area contributed by atoms with E-state index in [9.17, 15) is 9.90 Å². The summed E-state index contributed by atoms with van der Waals surface area (Å²) in [6.07, 6.45) is 7.51. The zero-order valence-corrected chi connectivity index (χ0v) is 20.5. The molecule has 0 bridgehead atoms. The van der Waals surface area contributed by atoms with Crippen molar-refractivity contribution in [1.29, 1.82) is 0 Å². The lowest BCUT2D eigenvalue weighted by atomic mass is 9.94. The van der Waals surface area contributed by atoms with Crippen molar-refractivity contribution in [2.24, 2.45) is 5.92 Å². The van der Waals surface area contributed by atoms with Gasteiger partial charge < -0.3 is 15.3 Å². The van der Waals surface area contributed by atoms with Crippen LogP contribution in [0.3, 0.4) is 0 Å². The first kappa shape index (κ1) is 23.5. The SMILES string of the molecule is Cc1ccnn1-c1cccc(C(CC(=O)O)CN2CC[C@@H](CCc3ccc4c(n3)NCCC4)C2)c1. The van der Waals surface area contributed by atoms with Crippen molar-refractivity contribution in [3.63, 3.8) is 0 Å². The minimum absolute atomic E-state index is 0.0459. The maximum Gasteiger partial charge on any atom is 0.304 e. The van der Waals surface area contributed by atoms with E-state index >= 15 is 0 Å². The topological polar surface area (TPSA) is 83.3 Å². The van der Waals surface area contributed by atoms with Gasteiger partial charge in [-0.2, -0.15) is 5.10 Å². The fraction of sp³-hybridized carbons (Fsp3) is 0.464. The number of likely N-dealkylation sites (tertiary alicyclic amines) is 1. The molecule has 2 N–H and O–H groups in total. The van der Waals surface area contributed by atoms with Crippen LogP contribution >= 0.6 is 0 Å². The van der Waals surface area contributed by atoms with Gasteiger partial charge in [-0.3, -0.25) is 4.79 Å². The number of fused-ring (bicyclic) bond motifs is 1. The predicted molar refractivity (Wildman–Crippen MR) is 137 cm³/mol. The van der Waals surface area contributed by atoms with E-state index in [0.29, 0.717) is 5.92 Å². The second-order valence-electron chi connectivity index (χ2n) is 10.1. The molecule has 7 heteroatoms. The van der Waals surface area contributed by atoms with E-state index in [0.717, 1.165) is 74.6 Å². The number of rotatable bonds is 9. The Morgan fingerprint density at radius 3 is 3.00 bits per heavy atom. The Balaban J connectivity index is 1.20. The van der Waals surface area contributed by atoms with Gasteiger partial charge in [0, 0.05) is 43.1 Å². The second kappa shape index (κ2) is 10.6. The molecule has 2 aliphatic rings. The van der Waals surface area contributed by atoms with Crippen molar-refractivity contribution in [2.75, 3.05) is 31.5 Å². The van der Waals surface area contributed by atoms with E-state index in [-0.39, 0.29) is 12.3 Å². The number of nitrogens with one attached hydrogen (secondary N) is 1. The monoisotopic (exact) mass is 473 g/mol. The normalized spacial score (nSPS) is 18.7. The minimum Gasteiger partial charge on any atom is -0.481 e. The molecular weight excluding hydrogens is 438 g/mol. The Morgan fingerprint density at radius 1 is 1.26 bits per heavy atom. The third-order valence-corrected chi connectivity index (χ3v) is 7.45. The highest BCUT2D eigenvalue weighted by Gasteiger charge is 2.27. The van der Waals surface area contributed by atoms with Crippen LogP contribution in [0.1, 0.15) is 54.1 Å². The van der Waals surface area contributed by atoms with Crippen LogP contribution in [0, 0.1) is 12.8 Å². The molecule has 0 aliphatic carbocycles. The number of carboxylic acid groups (broad SMARTS) is 1. The molecule has 2 aliphatic heterocycles. The molecule has 2 aromatic heterocycles. The molecule has 7 nitrogen and oxygen atoms in total. The lowest BCUT2D eigenvalue weighted by Crippen LogP contribution is -2.28. The molecule has 1 unspecified atom stereocenters. The third kappa shape index (κ3) is 5.73. The smallest absolute Gasteiger partial charge is 0.304 e. The zero-order valence-electron chi connectivity index (χ0n) is 20.5. The predicted octanol–water partition coefficient (Wildman–Crippen LogP) is 4.45.